The van der Waals surface area contributed by atoms with Crippen molar-refractivity contribution in [2.75, 3.05) is 10.6 Å². The highest BCUT2D eigenvalue weighted by atomic mass is 79.9. The van der Waals surface area contributed by atoms with E-state index in [2.05, 4.69) is 26.2 Å². The number of aryl methyl sites for hydroxylation is 1. The number of nitrogens with zero attached hydrogens (tertiary/aromatic N) is 1. The van der Waals surface area contributed by atoms with Crippen LogP contribution < -0.4 is 5.32 Å². The molecule has 0 saturated heterocycles. The van der Waals surface area contributed by atoms with Crippen LogP contribution in [0.3, 0.4) is 0 Å². The molecule has 0 aromatic carbocycles. The molecule has 1 aromatic rings. The Morgan fingerprint density at radius 1 is 1.67 bits per heavy atom. The van der Waals surface area contributed by atoms with Gasteiger partial charge in [-0.2, -0.15) is 0 Å². The second-order valence-electron chi connectivity index (χ2n) is 2.40. The third kappa shape index (κ3) is 2.62. The van der Waals surface area contributed by atoms with E-state index in [0.717, 1.165) is 5.56 Å². The zero-order chi connectivity index (χ0) is 8.97. The van der Waals surface area contributed by atoms with Crippen LogP contribution in [0, 0.1) is 6.92 Å². The Kier molecular flexibility index (Phi) is 3.22. The topological polar surface area (TPSA) is 42.0 Å². The number of amides is 1. The summed E-state index contributed by atoms with van der Waals surface area (Å²) in [5.41, 5.74) is 1.08. The summed E-state index contributed by atoms with van der Waals surface area (Å²) in [5.74, 6) is 0.497. The van der Waals surface area contributed by atoms with Crippen LogP contribution >= 0.6 is 15.9 Å². The maximum absolute atomic E-state index is 10.9. The van der Waals surface area contributed by atoms with Crippen molar-refractivity contribution >= 4 is 27.7 Å². The van der Waals surface area contributed by atoms with Gasteiger partial charge < -0.3 is 5.32 Å². The monoisotopic (exact) mass is 228 g/mol. The quantitative estimate of drug-likeness (QED) is 0.784. The number of alkyl halides is 1. The summed E-state index contributed by atoms with van der Waals surface area (Å²) in [7, 11) is 0. The van der Waals surface area contributed by atoms with Crippen molar-refractivity contribution in [1.82, 2.24) is 4.98 Å². The van der Waals surface area contributed by atoms with E-state index in [1.54, 1.807) is 12.3 Å². The van der Waals surface area contributed by atoms with Crippen molar-refractivity contribution in [1.29, 1.82) is 0 Å². The molecule has 0 radical (unpaired) electrons. The van der Waals surface area contributed by atoms with Crippen LogP contribution in [-0.4, -0.2) is 16.2 Å². The molecular formula is C8H9BrN2O. The van der Waals surface area contributed by atoms with E-state index in [1.165, 1.54) is 0 Å². The van der Waals surface area contributed by atoms with Gasteiger partial charge in [0, 0.05) is 6.20 Å². The Morgan fingerprint density at radius 3 is 2.92 bits per heavy atom. The van der Waals surface area contributed by atoms with Crippen molar-refractivity contribution in [2.45, 2.75) is 6.92 Å². The summed E-state index contributed by atoms with van der Waals surface area (Å²) >= 11 is 3.05. The first kappa shape index (κ1) is 9.19. The summed E-state index contributed by atoms with van der Waals surface area (Å²) in [6.07, 6.45) is 1.71. The molecule has 1 heterocycles. The molecule has 1 amide bonds. The van der Waals surface area contributed by atoms with Gasteiger partial charge in [-0.05, 0) is 18.6 Å². The van der Waals surface area contributed by atoms with E-state index in [1.807, 2.05) is 13.0 Å². The molecule has 0 saturated carbocycles. The standard InChI is InChI=1S/C8H9BrN2O/c1-6-2-3-7(10-5-6)11-8(12)4-9/h2-3,5H,4H2,1H3,(H,10,11,12). The Hall–Kier alpha value is -0.900. The van der Waals surface area contributed by atoms with Crippen molar-refractivity contribution in [3.05, 3.63) is 23.9 Å². The molecule has 0 atom stereocenters. The molecule has 4 heteroatoms. The Labute approximate surface area is 79.3 Å². The number of pyridine rings is 1. The SMILES string of the molecule is Cc1ccc(NC(=O)CBr)nc1. The first-order valence-corrected chi connectivity index (χ1v) is 4.63. The van der Waals surface area contributed by atoms with Crippen molar-refractivity contribution in [3.8, 4) is 0 Å². The van der Waals surface area contributed by atoms with Crippen LogP contribution in [0.15, 0.2) is 18.3 Å². The van der Waals surface area contributed by atoms with Crippen LogP contribution in [0.1, 0.15) is 5.56 Å². The van der Waals surface area contributed by atoms with Crippen molar-refractivity contribution in [3.63, 3.8) is 0 Å². The predicted octanol–water partition coefficient (Wildman–Crippen LogP) is 1.72. The number of nitrogens with one attached hydrogen (secondary N) is 1. The van der Waals surface area contributed by atoms with E-state index in [4.69, 9.17) is 0 Å². The Balaban J connectivity index is 2.64. The predicted molar refractivity (Wildman–Crippen MR) is 51.4 cm³/mol. The number of carbonyl (C=O) groups excluding carboxylic acids is 1. The average molecular weight is 229 g/mol. The van der Waals surface area contributed by atoms with Gasteiger partial charge in [-0.25, -0.2) is 4.98 Å². The molecule has 0 aliphatic carbocycles. The molecule has 1 rings (SSSR count). The van der Waals surface area contributed by atoms with Gasteiger partial charge in [-0.1, -0.05) is 22.0 Å². The number of carbonyl (C=O) groups is 1. The smallest absolute Gasteiger partial charge is 0.236 e. The average Bonchev–Trinajstić information content (AvgIpc) is 2.09. The Morgan fingerprint density at radius 2 is 2.42 bits per heavy atom. The highest BCUT2D eigenvalue weighted by Crippen LogP contribution is 2.03. The first-order chi connectivity index (χ1) is 5.72. The largest absolute Gasteiger partial charge is 0.310 e. The minimum atomic E-state index is -0.0913. The summed E-state index contributed by atoms with van der Waals surface area (Å²) in [4.78, 5) is 14.9. The maximum Gasteiger partial charge on any atom is 0.236 e. The first-order valence-electron chi connectivity index (χ1n) is 3.51. The number of aromatic nitrogens is 1. The lowest BCUT2D eigenvalue weighted by Crippen LogP contribution is -2.13. The van der Waals surface area contributed by atoms with Gasteiger partial charge in [0.05, 0.1) is 5.33 Å². The Bertz CT molecular complexity index is 271. The van der Waals surface area contributed by atoms with Gasteiger partial charge in [0.15, 0.2) is 0 Å². The van der Waals surface area contributed by atoms with Gasteiger partial charge >= 0.3 is 0 Å². The second-order valence-corrected chi connectivity index (χ2v) is 2.96. The van der Waals surface area contributed by atoms with Gasteiger partial charge in [-0.3, -0.25) is 4.79 Å². The fourth-order valence-corrected chi connectivity index (χ4v) is 0.858. The molecule has 12 heavy (non-hydrogen) atoms. The van der Waals surface area contributed by atoms with E-state index < -0.39 is 0 Å². The molecule has 1 aromatic heterocycles. The molecule has 64 valence electrons. The highest BCUT2D eigenvalue weighted by molar-refractivity contribution is 9.09. The van der Waals surface area contributed by atoms with E-state index in [9.17, 15) is 4.79 Å². The van der Waals surface area contributed by atoms with Crippen LogP contribution in [0.5, 0.6) is 0 Å². The van der Waals surface area contributed by atoms with Crippen molar-refractivity contribution < 1.29 is 4.79 Å². The number of anilines is 1. The number of halogens is 1. The zero-order valence-electron chi connectivity index (χ0n) is 6.67. The van der Waals surface area contributed by atoms with E-state index in [-0.39, 0.29) is 5.91 Å². The van der Waals surface area contributed by atoms with Crippen LogP contribution in [0.4, 0.5) is 5.82 Å². The number of hydrogen-bond donors (Lipinski definition) is 1. The van der Waals surface area contributed by atoms with Crippen molar-refractivity contribution in [2.24, 2.45) is 0 Å². The van der Waals surface area contributed by atoms with Gasteiger partial charge in [0.25, 0.3) is 0 Å². The fraction of sp³-hybridized carbons (Fsp3) is 0.250. The molecule has 0 spiro atoms. The maximum atomic E-state index is 10.9. The molecule has 0 fully saturated rings. The minimum Gasteiger partial charge on any atom is -0.310 e. The lowest BCUT2D eigenvalue weighted by Gasteiger charge is -2.00. The summed E-state index contributed by atoms with van der Waals surface area (Å²) in [5, 5.41) is 2.92. The zero-order valence-corrected chi connectivity index (χ0v) is 8.26. The lowest BCUT2D eigenvalue weighted by molar-refractivity contribution is -0.113. The van der Waals surface area contributed by atoms with E-state index in [0.29, 0.717) is 11.1 Å². The summed E-state index contributed by atoms with van der Waals surface area (Å²) < 4.78 is 0. The minimum absolute atomic E-state index is 0.0913. The van der Waals surface area contributed by atoms with Crippen LogP contribution in [0.25, 0.3) is 0 Å². The molecule has 3 nitrogen and oxygen atoms in total. The van der Waals surface area contributed by atoms with Gasteiger partial charge in [-0.15, -0.1) is 0 Å². The lowest BCUT2D eigenvalue weighted by atomic mass is 10.3. The molecule has 0 aliphatic rings. The molecule has 0 aliphatic heterocycles. The van der Waals surface area contributed by atoms with Gasteiger partial charge in [0.1, 0.15) is 5.82 Å². The third-order valence-corrected chi connectivity index (χ3v) is 1.81. The molecule has 0 bridgehead atoms. The fourth-order valence-electron chi connectivity index (χ4n) is 0.718. The van der Waals surface area contributed by atoms with Gasteiger partial charge in [0.2, 0.25) is 5.91 Å². The molecular weight excluding hydrogens is 220 g/mol. The van der Waals surface area contributed by atoms with Crippen LogP contribution in [-0.2, 0) is 4.79 Å². The number of hydrogen-bond acceptors (Lipinski definition) is 2. The third-order valence-electron chi connectivity index (χ3n) is 1.30. The summed E-state index contributed by atoms with van der Waals surface area (Å²) in [6.45, 7) is 1.95. The normalized spacial score (nSPS) is 9.50. The van der Waals surface area contributed by atoms with E-state index >= 15 is 0 Å². The molecule has 0 unspecified atom stereocenters. The highest BCUT2D eigenvalue weighted by Gasteiger charge is 1.98. The van der Waals surface area contributed by atoms with Crippen LogP contribution in [0.2, 0.25) is 0 Å². The summed E-state index contributed by atoms with van der Waals surface area (Å²) in [6, 6.07) is 3.67. The second kappa shape index (κ2) is 4.21. The molecule has 1 N–H and O–H groups in total. The number of rotatable bonds is 2.